The first kappa shape index (κ1) is 11.3. The van der Waals surface area contributed by atoms with Gasteiger partial charge in [-0.2, -0.15) is 0 Å². The minimum absolute atomic E-state index is 0.0971. The number of carboxylic acid groups (broad SMARTS) is 1. The van der Waals surface area contributed by atoms with E-state index in [-0.39, 0.29) is 24.1 Å². The van der Waals surface area contributed by atoms with Gasteiger partial charge in [-0.1, -0.05) is 12.1 Å². The zero-order valence-corrected chi connectivity index (χ0v) is 9.34. The number of aliphatic carboxylic acids is 1. The number of rotatable bonds is 3. The van der Waals surface area contributed by atoms with Crippen molar-refractivity contribution in [1.82, 2.24) is 9.55 Å². The molecule has 5 nitrogen and oxygen atoms in total. The molecule has 0 N–H and O–H groups in total. The number of carbonyl (C=O) groups is 1. The van der Waals surface area contributed by atoms with Crippen LogP contribution in [0.25, 0.3) is 11.0 Å². The maximum absolute atomic E-state index is 11.9. The zero-order chi connectivity index (χ0) is 12.4. The van der Waals surface area contributed by atoms with Gasteiger partial charge >= 0.3 is 0 Å². The van der Waals surface area contributed by atoms with Crippen LogP contribution in [-0.2, 0) is 18.3 Å². The molecule has 0 atom stereocenters. The van der Waals surface area contributed by atoms with Gasteiger partial charge in [0.05, 0.1) is 11.0 Å². The lowest BCUT2D eigenvalue weighted by Crippen LogP contribution is -2.27. The van der Waals surface area contributed by atoms with Crippen LogP contribution in [0.3, 0.4) is 0 Å². The molecule has 2 aromatic rings. The largest absolute Gasteiger partial charge is 0.550 e. The molecule has 0 amide bonds. The maximum atomic E-state index is 11.9. The van der Waals surface area contributed by atoms with E-state index < -0.39 is 5.97 Å². The quantitative estimate of drug-likeness (QED) is 0.721. The summed E-state index contributed by atoms with van der Waals surface area (Å²) in [6, 6.07) is 7.23. The molecule has 0 unspecified atom stereocenters. The lowest BCUT2D eigenvalue weighted by atomic mass is 10.2. The second-order valence-electron chi connectivity index (χ2n) is 3.78. The highest BCUT2D eigenvalue weighted by molar-refractivity contribution is 5.74. The van der Waals surface area contributed by atoms with E-state index in [4.69, 9.17) is 0 Å². The lowest BCUT2D eigenvalue weighted by Gasteiger charge is -2.07. The third-order valence-electron chi connectivity index (χ3n) is 2.62. The molecular weight excluding hydrogens is 220 g/mol. The number of carboxylic acids is 1. The van der Waals surface area contributed by atoms with E-state index in [1.807, 2.05) is 12.1 Å². The molecule has 0 radical (unpaired) electrons. The monoisotopic (exact) mass is 231 g/mol. The topological polar surface area (TPSA) is 75.0 Å². The van der Waals surface area contributed by atoms with E-state index in [9.17, 15) is 14.7 Å². The van der Waals surface area contributed by atoms with Crippen molar-refractivity contribution in [3.8, 4) is 0 Å². The molecule has 1 heterocycles. The molecule has 0 aliphatic heterocycles. The summed E-state index contributed by atoms with van der Waals surface area (Å²) in [5.41, 5.74) is 1.41. The van der Waals surface area contributed by atoms with Crippen LogP contribution < -0.4 is 10.7 Å². The second-order valence-corrected chi connectivity index (χ2v) is 3.78. The Bertz CT molecular complexity index is 631. The summed E-state index contributed by atoms with van der Waals surface area (Å²) in [7, 11) is 1.65. The molecule has 0 saturated heterocycles. The van der Waals surface area contributed by atoms with Crippen LogP contribution in [0.4, 0.5) is 0 Å². The molecular formula is C12H11N2O3-. The highest BCUT2D eigenvalue weighted by atomic mass is 16.4. The molecule has 0 aliphatic carbocycles. The van der Waals surface area contributed by atoms with E-state index in [0.717, 1.165) is 5.52 Å². The fourth-order valence-electron chi connectivity index (χ4n) is 1.72. The van der Waals surface area contributed by atoms with Crippen molar-refractivity contribution in [3.63, 3.8) is 0 Å². The standard InChI is InChI=1S/C12H12N2O3/c1-14-10-5-3-2-4-8(10)13-9(12(14)17)6-7-11(15)16/h2-5H,6-7H2,1H3,(H,15,16)/p-1. The van der Waals surface area contributed by atoms with Crippen molar-refractivity contribution in [2.24, 2.45) is 7.05 Å². The van der Waals surface area contributed by atoms with Gasteiger partial charge in [-0.25, -0.2) is 4.98 Å². The van der Waals surface area contributed by atoms with Gasteiger partial charge in [-0.15, -0.1) is 0 Å². The number of hydrogen-bond donors (Lipinski definition) is 0. The van der Waals surface area contributed by atoms with E-state index in [0.29, 0.717) is 5.52 Å². The van der Waals surface area contributed by atoms with Gasteiger partial charge in [0, 0.05) is 19.4 Å². The predicted octanol–water partition coefficient (Wildman–Crippen LogP) is -0.384. The normalized spacial score (nSPS) is 10.6. The van der Waals surface area contributed by atoms with Crippen molar-refractivity contribution in [1.29, 1.82) is 0 Å². The van der Waals surface area contributed by atoms with Crippen LogP contribution in [0.1, 0.15) is 12.1 Å². The first-order valence-electron chi connectivity index (χ1n) is 5.24. The minimum atomic E-state index is -1.18. The maximum Gasteiger partial charge on any atom is 0.272 e. The Balaban J connectivity index is 2.54. The summed E-state index contributed by atoms with van der Waals surface area (Å²) in [5, 5.41) is 10.4. The van der Waals surface area contributed by atoms with E-state index in [1.165, 1.54) is 4.57 Å². The van der Waals surface area contributed by atoms with Gasteiger partial charge in [0.1, 0.15) is 5.69 Å². The third kappa shape index (κ3) is 2.18. The van der Waals surface area contributed by atoms with Gasteiger partial charge in [0.15, 0.2) is 0 Å². The highest BCUT2D eigenvalue weighted by Crippen LogP contribution is 2.09. The molecule has 2 rings (SSSR count). The van der Waals surface area contributed by atoms with Crippen LogP contribution in [0.15, 0.2) is 29.1 Å². The Labute approximate surface area is 97.3 Å². The van der Waals surface area contributed by atoms with Gasteiger partial charge in [0.25, 0.3) is 5.56 Å². The fraction of sp³-hybridized carbons (Fsp3) is 0.250. The van der Waals surface area contributed by atoms with Crippen molar-refractivity contribution >= 4 is 17.0 Å². The number of fused-ring (bicyclic) bond motifs is 1. The molecule has 5 heteroatoms. The first-order chi connectivity index (χ1) is 8.09. The highest BCUT2D eigenvalue weighted by Gasteiger charge is 2.07. The number of aryl methyl sites for hydroxylation is 2. The number of hydrogen-bond acceptors (Lipinski definition) is 4. The van der Waals surface area contributed by atoms with Crippen LogP contribution in [0.5, 0.6) is 0 Å². The van der Waals surface area contributed by atoms with E-state index in [1.54, 1.807) is 19.2 Å². The van der Waals surface area contributed by atoms with Gasteiger partial charge in [-0.3, -0.25) is 4.79 Å². The number of aromatic nitrogens is 2. The van der Waals surface area contributed by atoms with Crippen LogP contribution in [0.2, 0.25) is 0 Å². The van der Waals surface area contributed by atoms with Crippen molar-refractivity contribution < 1.29 is 9.90 Å². The molecule has 88 valence electrons. The summed E-state index contributed by atoms with van der Waals surface area (Å²) in [6.45, 7) is 0. The van der Waals surface area contributed by atoms with E-state index >= 15 is 0 Å². The summed E-state index contributed by atoms with van der Waals surface area (Å²) in [6.07, 6.45) is -0.0968. The van der Waals surface area contributed by atoms with Crippen molar-refractivity contribution in [2.75, 3.05) is 0 Å². The smallest absolute Gasteiger partial charge is 0.272 e. The first-order valence-corrected chi connectivity index (χ1v) is 5.24. The lowest BCUT2D eigenvalue weighted by molar-refractivity contribution is -0.305. The van der Waals surface area contributed by atoms with Crippen molar-refractivity contribution in [2.45, 2.75) is 12.8 Å². The summed E-state index contributed by atoms with van der Waals surface area (Å²) >= 11 is 0. The predicted molar refractivity (Wildman–Crippen MR) is 60.3 cm³/mol. The summed E-state index contributed by atoms with van der Waals surface area (Å²) < 4.78 is 1.48. The fourth-order valence-corrected chi connectivity index (χ4v) is 1.72. The van der Waals surface area contributed by atoms with Gasteiger partial charge < -0.3 is 14.5 Å². The van der Waals surface area contributed by atoms with Crippen LogP contribution in [0, 0.1) is 0 Å². The van der Waals surface area contributed by atoms with E-state index in [2.05, 4.69) is 4.98 Å². The Morgan fingerprint density at radius 3 is 2.82 bits per heavy atom. The molecule has 17 heavy (non-hydrogen) atoms. The minimum Gasteiger partial charge on any atom is -0.550 e. The summed E-state index contributed by atoms with van der Waals surface area (Å²) in [5.74, 6) is -1.18. The van der Waals surface area contributed by atoms with Gasteiger partial charge in [0.2, 0.25) is 0 Å². The number of carbonyl (C=O) groups excluding carboxylic acids is 1. The molecule has 0 aliphatic rings. The SMILES string of the molecule is Cn1c(=O)c(CCC(=O)[O-])nc2ccccc21. The Morgan fingerprint density at radius 2 is 2.12 bits per heavy atom. The molecule has 0 fully saturated rings. The molecule has 1 aromatic carbocycles. The average Bonchev–Trinajstić information content (AvgIpc) is 2.32. The molecule has 0 bridgehead atoms. The van der Waals surface area contributed by atoms with Crippen molar-refractivity contribution in [3.05, 3.63) is 40.3 Å². The summed E-state index contributed by atoms with van der Waals surface area (Å²) in [4.78, 5) is 26.5. The number of para-hydroxylation sites is 2. The van der Waals surface area contributed by atoms with Gasteiger partial charge in [-0.05, 0) is 18.6 Å². The number of benzene rings is 1. The van der Waals surface area contributed by atoms with Crippen LogP contribution >= 0.6 is 0 Å². The Kier molecular flexibility index (Phi) is 2.91. The average molecular weight is 231 g/mol. The second kappa shape index (κ2) is 4.37. The number of nitrogens with zero attached hydrogens (tertiary/aromatic N) is 2. The zero-order valence-electron chi connectivity index (χ0n) is 9.34. The Morgan fingerprint density at radius 1 is 1.41 bits per heavy atom. The Hall–Kier alpha value is -2.17. The van der Waals surface area contributed by atoms with Crippen LogP contribution in [-0.4, -0.2) is 15.5 Å². The third-order valence-corrected chi connectivity index (χ3v) is 2.62. The molecule has 0 saturated carbocycles. The molecule has 1 aromatic heterocycles. The molecule has 0 spiro atoms.